The fraction of sp³-hybridized carbons (Fsp3) is 0.350. The van der Waals surface area contributed by atoms with Crippen LogP contribution in [0.25, 0.3) is 0 Å². The molecule has 0 bridgehead atoms. The third kappa shape index (κ3) is 4.36. The molecule has 0 radical (unpaired) electrons. The van der Waals surface area contributed by atoms with Crippen LogP contribution in [-0.2, 0) is 4.79 Å². The van der Waals surface area contributed by atoms with E-state index in [1.165, 1.54) is 0 Å². The van der Waals surface area contributed by atoms with Crippen molar-refractivity contribution in [3.63, 3.8) is 0 Å². The van der Waals surface area contributed by atoms with E-state index in [0.29, 0.717) is 6.42 Å². The third-order valence-corrected chi connectivity index (χ3v) is 4.38. The van der Waals surface area contributed by atoms with E-state index in [1.807, 2.05) is 61.5 Å². The number of carbonyl (C=O) groups excluding carboxylic acids is 1. The van der Waals surface area contributed by atoms with Crippen LogP contribution in [0.2, 0.25) is 0 Å². The van der Waals surface area contributed by atoms with Crippen molar-refractivity contribution in [2.45, 2.75) is 25.3 Å². The van der Waals surface area contributed by atoms with Gasteiger partial charge in [-0.1, -0.05) is 49.4 Å². The SMILES string of the molecule is COc1ccc(C(CO)N(C)C(=O)CC(C)c2ccccc2)cc1. The Bertz CT molecular complexity index is 640. The van der Waals surface area contributed by atoms with Crippen LogP contribution in [0.1, 0.15) is 36.4 Å². The molecule has 4 heteroatoms. The van der Waals surface area contributed by atoms with Crippen molar-refractivity contribution in [3.05, 3.63) is 65.7 Å². The van der Waals surface area contributed by atoms with E-state index in [9.17, 15) is 9.90 Å². The van der Waals surface area contributed by atoms with E-state index in [2.05, 4.69) is 0 Å². The van der Waals surface area contributed by atoms with Gasteiger partial charge in [0.05, 0.1) is 19.8 Å². The van der Waals surface area contributed by atoms with Crippen molar-refractivity contribution in [2.24, 2.45) is 0 Å². The molecule has 24 heavy (non-hydrogen) atoms. The molecule has 0 fully saturated rings. The van der Waals surface area contributed by atoms with E-state index in [-0.39, 0.29) is 24.5 Å². The highest BCUT2D eigenvalue weighted by atomic mass is 16.5. The maximum Gasteiger partial charge on any atom is 0.223 e. The maximum atomic E-state index is 12.6. The van der Waals surface area contributed by atoms with Crippen molar-refractivity contribution in [1.29, 1.82) is 0 Å². The van der Waals surface area contributed by atoms with Crippen LogP contribution in [0.15, 0.2) is 54.6 Å². The molecule has 0 aliphatic rings. The molecule has 1 N–H and O–H groups in total. The zero-order chi connectivity index (χ0) is 17.5. The van der Waals surface area contributed by atoms with Gasteiger partial charge in [-0.25, -0.2) is 0 Å². The Kier molecular flexibility index (Phi) is 6.38. The van der Waals surface area contributed by atoms with Crippen LogP contribution in [0.5, 0.6) is 5.75 Å². The molecule has 0 saturated carbocycles. The first-order valence-corrected chi connectivity index (χ1v) is 8.12. The quantitative estimate of drug-likeness (QED) is 0.848. The van der Waals surface area contributed by atoms with Crippen LogP contribution in [0.4, 0.5) is 0 Å². The van der Waals surface area contributed by atoms with E-state index in [4.69, 9.17) is 4.74 Å². The first-order valence-electron chi connectivity index (χ1n) is 8.12. The lowest BCUT2D eigenvalue weighted by Gasteiger charge is -2.28. The molecule has 2 unspecified atom stereocenters. The summed E-state index contributed by atoms with van der Waals surface area (Å²) < 4.78 is 5.15. The number of nitrogens with zero attached hydrogens (tertiary/aromatic N) is 1. The Balaban J connectivity index is 2.06. The molecule has 128 valence electrons. The summed E-state index contributed by atoms with van der Waals surface area (Å²) in [6, 6.07) is 17.1. The normalized spacial score (nSPS) is 13.2. The van der Waals surface area contributed by atoms with Crippen molar-refractivity contribution in [2.75, 3.05) is 20.8 Å². The van der Waals surface area contributed by atoms with Gasteiger partial charge in [-0.05, 0) is 29.2 Å². The summed E-state index contributed by atoms with van der Waals surface area (Å²) in [6.07, 6.45) is 0.410. The lowest BCUT2D eigenvalue weighted by Crippen LogP contribution is -2.33. The zero-order valence-corrected chi connectivity index (χ0v) is 14.5. The summed E-state index contributed by atoms with van der Waals surface area (Å²) in [6.45, 7) is 1.93. The predicted octanol–water partition coefficient (Wildman–Crippen LogP) is 3.38. The molecule has 4 nitrogen and oxygen atoms in total. The molecule has 0 aliphatic heterocycles. The van der Waals surface area contributed by atoms with Crippen LogP contribution < -0.4 is 4.74 Å². The Morgan fingerprint density at radius 2 is 1.71 bits per heavy atom. The van der Waals surface area contributed by atoms with Gasteiger partial charge in [0.2, 0.25) is 5.91 Å². The second-order valence-corrected chi connectivity index (χ2v) is 5.99. The Morgan fingerprint density at radius 1 is 1.08 bits per heavy atom. The maximum absolute atomic E-state index is 12.6. The average Bonchev–Trinajstić information content (AvgIpc) is 2.63. The zero-order valence-electron chi connectivity index (χ0n) is 14.5. The van der Waals surface area contributed by atoms with Gasteiger partial charge in [-0.3, -0.25) is 4.79 Å². The van der Waals surface area contributed by atoms with Crippen molar-refractivity contribution in [1.82, 2.24) is 4.90 Å². The fourth-order valence-electron chi connectivity index (χ4n) is 2.76. The summed E-state index contributed by atoms with van der Waals surface area (Å²) >= 11 is 0. The number of aliphatic hydroxyl groups excluding tert-OH is 1. The van der Waals surface area contributed by atoms with Gasteiger partial charge in [0.1, 0.15) is 5.75 Å². The second-order valence-electron chi connectivity index (χ2n) is 5.99. The van der Waals surface area contributed by atoms with E-state index < -0.39 is 0 Å². The first-order chi connectivity index (χ1) is 11.6. The molecule has 2 atom stereocenters. The standard InChI is InChI=1S/C20H25NO3/c1-15(16-7-5-4-6-8-16)13-20(23)21(2)19(14-22)17-9-11-18(24-3)12-10-17/h4-12,15,19,22H,13-14H2,1-3H3. The van der Waals surface area contributed by atoms with Crippen LogP contribution in [-0.4, -0.2) is 36.7 Å². The highest BCUT2D eigenvalue weighted by Gasteiger charge is 2.22. The first kappa shape index (κ1) is 18.0. The number of benzene rings is 2. The van der Waals surface area contributed by atoms with Crippen molar-refractivity contribution >= 4 is 5.91 Å². The summed E-state index contributed by atoms with van der Waals surface area (Å²) in [5, 5.41) is 9.75. The number of hydrogen-bond acceptors (Lipinski definition) is 3. The number of amides is 1. The summed E-state index contributed by atoms with van der Waals surface area (Å²) in [5.74, 6) is 0.903. The number of hydrogen-bond donors (Lipinski definition) is 1. The van der Waals surface area contributed by atoms with E-state index >= 15 is 0 Å². The van der Waals surface area contributed by atoms with Gasteiger partial charge in [-0.2, -0.15) is 0 Å². The molecule has 0 spiro atoms. The van der Waals surface area contributed by atoms with Gasteiger partial charge < -0.3 is 14.7 Å². The van der Waals surface area contributed by atoms with Crippen molar-refractivity contribution in [3.8, 4) is 5.75 Å². The Hall–Kier alpha value is -2.33. The Labute approximate surface area is 143 Å². The summed E-state index contributed by atoms with van der Waals surface area (Å²) in [7, 11) is 3.35. The van der Waals surface area contributed by atoms with Gasteiger partial charge in [-0.15, -0.1) is 0 Å². The average molecular weight is 327 g/mol. The molecule has 0 heterocycles. The number of likely N-dealkylation sites (N-methyl/N-ethyl adjacent to an activating group) is 1. The van der Waals surface area contributed by atoms with Crippen molar-refractivity contribution < 1.29 is 14.6 Å². The van der Waals surface area contributed by atoms with Gasteiger partial charge in [0, 0.05) is 13.5 Å². The fourth-order valence-corrected chi connectivity index (χ4v) is 2.76. The molecule has 2 aromatic rings. The molecule has 1 amide bonds. The summed E-state index contributed by atoms with van der Waals surface area (Å²) in [4.78, 5) is 14.2. The predicted molar refractivity (Wildman–Crippen MR) is 95.1 cm³/mol. The van der Waals surface area contributed by atoms with Gasteiger partial charge in [0.15, 0.2) is 0 Å². The number of ether oxygens (including phenoxy) is 1. The minimum absolute atomic E-state index is 0.0150. The molecule has 0 aliphatic carbocycles. The second kappa shape index (κ2) is 8.50. The number of aliphatic hydroxyl groups is 1. The Morgan fingerprint density at radius 3 is 2.25 bits per heavy atom. The topological polar surface area (TPSA) is 49.8 Å². The van der Waals surface area contributed by atoms with Crippen LogP contribution in [0.3, 0.4) is 0 Å². The monoisotopic (exact) mass is 327 g/mol. The number of carbonyl (C=O) groups is 1. The van der Waals surface area contributed by atoms with E-state index in [0.717, 1.165) is 16.9 Å². The minimum Gasteiger partial charge on any atom is -0.497 e. The third-order valence-electron chi connectivity index (χ3n) is 4.38. The lowest BCUT2D eigenvalue weighted by atomic mass is 9.96. The highest BCUT2D eigenvalue weighted by molar-refractivity contribution is 5.77. The molecular formula is C20H25NO3. The van der Waals surface area contributed by atoms with Gasteiger partial charge >= 0.3 is 0 Å². The molecular weight excluding hydrogens is 302 g/mol. The lowest BCUT2D eigenvalue weighted by molar-refractivity contribution is -0.133. The molecule has 0 aromatic heterocycles. The molecule has 2 aromatic carbocycles. The largest absolute Gasteiger partial charge is 0.497 e. The molecule has 0 saturated heterocycles. The summed E-state index contributed by atoms with van der Waals surface area (Å²) in [5.41, 5.74) is 2.03. The van der Waals surface area contributed by atoms with Crippen LogP contribution in [0, 0.1) is 0 Å². The minimum atomic E-state index is -0.355. The van der Waals surface area contributed by atoms with Gasteiger partial charge in [0.25, 0.3) is 0 Å². The van der Waals surface area contributed by atoms with E-state index in [1.54, 1.807) is 19.1 Å². The molecule has 2 rings (SSSR count). The number of methoxy groups -OCH3 is 1. The smallest absolute Gasteiger partial charge is 0.223 e. The highest BCUT2D eigenvalue weighted by Crippen LogP contribution is 2.25. The van der Waals surface area contributed by atoms with Crippen LogP contribution >= 0.6 is 0 Å². The number of rotatable bonds is 7.